The molecular formula is C18H27FN2O3S. The summed E-state index contributed by atoms with van der Waals surface area (Å²) in [7, 11) is 0. The highest BCUT2D eigenvalue weighted by molar-refractivity contribution is 7.99. The van der Waals surface area contributed by atoms with E-state index in [4.69, 9.17) is 4.74 Å². The molecule has 0 heterocycles. The first-order valence-electron chi connectivity index (χ1n) is 8.14. The van der Waals surface area contributed by atoms with Crippen molar-refractivity contribution >= 4 is 23.8 Å². The average Bonchev–Trinajstić information content (AvgIpc) is 2.45. The second kappa shape index (κ2) is 9.08. The van der Waals surface area contributed by atoms with E-state index in [9.17, 15) is 14.0 Å². The topological polar surface area (TPSA) is 67.4 Å². The van der Waals surface area contributed by atoms with Gasteiger partial charge in [0.15, 0.2) is 0 Å². The monoisotopic (exact) mass is 370 g/mol. The van der Waals surface area contributed by atoms with Crippen molar-refractivity contribution in [3.8, 4) is 0 Å². The Morgan fingerprint density at radius 1 is 1.16 bits per heavy atom. The molecule has 0 saturated carbocycles. The maximum Gasteiger partial charge on any atom is 0.407 e. The smallest absolute Gasteiger partial charge is 0.407 e. The van der Waals surface area contributed by atoms with E-state index in [2.05, 4.69) is 10.6 Å². The Morgan fingerprint density at radius 3 is 2.40 bits per heavy atom. The molecule has 2 amide bonds. The molecule has 1 aromatic carbocycles. The number of hydrogen-bond acceptors (Lipinski definition) is 4. The number of carbonyl (C=O) groups is 2. The van der Waals surface area contributed by atoms with E-state index in [1.165, 1.54) is 17.8 Å². The van der Waals surface area contributed by atoms with Crippen molar-refractivity contribution in [2.24, 2.45) is 0 Å². The van der Waals surface area contributed by atoms with E-state index >= 15 is 0 Å². The summed E-state index contributed by atoms with van der Waals surface area (Å²) in [5.74, 6) is 0.0390. The van der Waals surface area contributed by atoms with Crippen LogP contribution in [0.4, 0.5) is 9.18 Å². The van der Waals surface area contributed by atoms with Crippen LogP contribution in [0.2, 0.25) is 0 Å². The first-order valence-corrected chi connectivity index (χ1v) is 9.12. The van der Waals surface area contributed by atoms with E-state index in [1.807, 2.05) is 13.8 Å². The summed E-state index contributed by atoms with van der Waals surface area (Å²) in [6.45, 7) is 9.22. The van der Waals surface area contributed by atoms with Crippen molar-refractivity contribution in [2.75, 3.05) is 12.3 Å². The van der Waals surface area contributed by atoms with E-state index in [-0.39, 0.29) is 24.7 Å². The van der Waals surface area contributed by atoms with Gasteiger partial charge in [0, 0.05) is 23.6 Å². The van der Waals surface area contributed by atoms with Gasteiger partial charge in [0.2, 0.25) is 5.91 Å². The van der Waals surface area contributed by atoms with Gasteiger partial charge in [-0.25, -0.2) is 9.18 Å². The van der Waals surface area contributed by atoms with E-state index in [0.717, 1.165) is 0 Å². The zero-order valence-corrected chi connectivity index (χ0v) is 16.3. The van der Waals surface area contributed by atoms with Crippen molar-refractivity contribution in [1.82, 2.24) is 10.6 Å². The zero-order chi connectivity index (χ0) is 19.1. The highest BCUT2D eigenvalue weighted by atomic mass is 32.2. The van der Waals surface area contributed by atoms with Crippen LogP contribution in [-0.2, 0) is 9.53 Å². The van der Waals surface area contributed by atoms with Gasteiger partial charge in [0.1, 0.15) is 11.4 Å². The zero-order valence-electron chi connectivity index (χ0n) is 15.4. The molecule has 2 N–H and O–H groups in total. The lowest BCUT2D eigenvalue weighted by atomic mass is 10.1. The van der Waals surface area contributed by atoms with Gasteiger partial charge in [-0.05, 0) is 46.8 Å². The summed E-state index contributed by atoms with van der Waals surface area (Å²) in [4.78, 5) is 24.2. The number of thioether (sulfide) groups is 1. The standard InChI is InChI=1S/C18H27FN2O3S/c1-17(2,3)24-16(23)20-12-18(4,5)21-15(22)10-11-25-14-9-7-6-8-13(14)19/h6-9H,10-12H2,1-5H3,(H,20,23)(H,21,22). The van der Waals surface area contributed by atoms with E-state index in [0.29, 0.717) is 10.6 Å². The molecule has 0 unspecified atom stereocenters. The Hall–Kier alpha value is -1.76. The largest absolute Gasteiger partial charge is 0.444 e. The Balaban J connectivity index is 2.34. The molecule has 140 valence electrons. The number of halogens is 1. The van der Waals surface area contributed by atoms with Gasteiger partial charge in [0.05, 0.1) is 5.54 Å². The molecule has 0 saturated heterocycles. The highest BCUT2D eigenvalue weighted by Crippen LogP contribution is 2.21. The highest BCUT2D eigenvalue weighted by Gasteiger charge is 2.23. The minimum Gasteiger partial charge on any atom is -0.444 e. The van der Waals surface area contributed by atoms with E-state index < -0.39 is 17.2 Å². The number of amides is 2. The summed E-state index contributed by atoms with van der Waals surface area (Å²) < 4.78 is 18.7. The normalized spacial score (nSPS) is 11.8. The summed E-state index contributed by atoms with van der Waals surface area (Å²) >= 11 is 1.30. The Kier molecular flexibility index (Phi) is 7.73. The molecule has 0 aromatic heterocycles. The minimum absolute atomic E-state index is 0.153. The van der Waals surface area contributed by atoms with Gasteiger partial charge >= 0.3 is 6.09 Å². The SMILES string of the molecule is CC(C)(CNC(=O)OC(C)(C)C)NC(=O)CCSc1ccccc1F. The number of benzene rings is 1. The molecular weight excluding hydrogens is 343 g/mol. The fraction of sp³-hybridized carbons (Fsp3) is 0.556. The van der Waals surface area contributed by atoms with Crippen LogP contribution in [0.5, 0.6) is 0 Å². The molecule has 0 bridgehead atoms. The van der Waals surface area contributed by atoms with Crippen LogP contribution in [0, 0.1) is 5.82 Å². The number of alkyl carbamates (subject to hydrolysis) is 1. The average molecular weight is 370 g/mol. The first kappa shape index (κ1) is 21.3. The molecule has 1 rings (SSSR count). The molecule has 0 atom stereocenters. The van der Waals surface area contributed by atoms with Crippen molar-refractivity contribution in [2.45, 2.75) is 57.1 Å². The predicted molar refractivity (Wildman–Crippen MR) is 98.2 cm³/mol. The number of hydrogen-bond donors (Lipinski definition) is 2. The summed E-state index contributed by atoms with van der Waals surface area (Å²) in [5.41, 5.74) is -1.18. The first-order chi connectivity index (χ1) is 11.5. The van der Waals surface area contributed by atoms with Crippen LogP contribution in [-0.4, -0.2) is 35.4 Å². The Morgan fingerprint density at radius 2 is 1.80 bits per heavy atom. The van der Waals surface area contributed by atoms with Crippen LogP contribution < -0.4 is 10.6 Å². The Bertz CT molecular complexity index is 600. The third kappa shape index (κ3) is 9.34. The van der Waals surface area contributed by atoms with Crippen LogP contribution in [0.25, 0.3) is 0 Å². The van der Waals surface area contributed by atoms with Gasteiger partial charge in [-0.1, -0.05) is 12.1 Å². The molecule has 0 aliphatic rings. The van der Waals surface area contributed by atoms with Gasteiger partial charge in [-0.3, -0.25) is 4.79 Å². The molecule has 5 nitrogen and oxygen atoms in total. The van der Waals surface area contributed by atoms with Gasteiger partial charge in [0.25, 0.3) is 0 Å². The minimum atomic E-state index is -0.614. The fourth-order valence-electron chi connectivity index (χ4n) is 1.91. The Labute approximate surface area is 153 Å². The molecule has 25 heavy (non-hydrogen) atoms. The predicted octanol–water partition coefficient (Wildman–Crippen LogP) is 3.73. The summed E-state index contributed by atoms with van der Waals surface area (Å²) in [5, 5.41) is 5.50. The third-order valence-corrected chi connectivity index (χ3v) is 4.03. The molecule has 0 radical (unpaired) electrons. The maximum absolute atomic E-state index is 13.5. The van der Waals surface area contributed by atoms with Crippen molar-refractivity contribution in [3.63, 3.8) is 0 Å². The van der Waals surface area contributed by atoms with Crippen LogP contribution in [0.3, 0.4) is 0 Å². The molecule has 0 spiro atoms. The number of nitrogens with one attached hydrogen (secondary N) is 2. The molecule has 1 aromatic rings. The lowest BCUT2D eigenvalue weighted by Gasteiger charge is -2.27. The van der Waals surface area contributed by atoms with Crippen LogP contribution >= 0.6 is 11.8 Å². The molecule has 0 fully saturated rings. The van der Waals surface area contributed by atoms with Gasteiger partial charge in [-0.2, -0.15) is 0 Å². The van der Waals surface area contributed by atoms with Crippen molar-refractivity contribution in [3.05, 3.63) is 30.1 Å². The van der Waals surface area contributed by atoms with Crippen LogP contribution in [0.1, 0.15) is 41.0 Å². The summed E-state index contributed by atoms with van der Waals surface area (Å²) in [6.07, 6.45) is -0.264. The van der Waals surface area contributed by atoms with Crippen LogP contribution in [0.15, 0.2) is 29.2 Å². The second-order valence-electron chi connectivity index (χ2n) is 7.32. The second-order valence-corrected chi connectivity index (χ2v) is 8.45. The fourth-order valence-corrected chi connectivity index (χ4v) is 2.80. The van der Waals surface area contributed by atoms with Gasteiger partial charge < -0.3 is 15.4 Å². The maximum atomic E-state index is 13.5. The van der Waals surface area contributed by atoms with Crippen molar-refractivity contribution in [1.29, 1.82) is 0 Å². The lowest BCUT2D eigenvalue weighted by molar-refractivity contribution is -0.122. The quantitative estimate of drug-likeness (QED) is 0.718. The number of rotatable bonds is 7. The number of ether oxygens (including phenoxy) is 1. The molecule has 7 heteroatoms. The van der Waals surface area contributed by atoms with Crippen molar-refractivity contribution < 1.29 is 18.7 Å². The molecule has 0 aliphatic heterocycles. The third-order valence-electron chi connectivity index (χ3n) is 2.97. The molecule has 0 aliphatic carbocycles. The van der Waals surface area contributed by atoms with Gasteiger partial charge in [-0.15, -0.1) is 11.8 Å². The summed E-state index contributed by atoms with van der Waals surface area (Å²) in [6, 6.07) is 6.48. The lowest BCUT2D eigenvalue weighted by Crippen LogP contribution is -2.52. The number of carbonyl (C=O) groups excluding carboxylic acids is 2. The van der Waals surface area contributed by atoms with E-state index in [1.54, 1.807) is 39.0 Å².